The largest absolute Gasteiger partial charge is 0.497 e. The van der Waals surface area contributed by atoms with Crippen molar-refractivity contribution in [3.63, 3.8) is 0 Å². The number of nitrogens with zero attached hydrogens (tertiary/aromatic N) is 1. The minimum Gasteiger partial charge on any atom is -0.497 e. The van der Waals surface area contributed by atoms with Crippen molar-refractivity contribution in [1.82, 2.24) is 5.43 Å². The Morgan fingerprint density at radius 1 is 1.00 bits per heavy atom. The molecule has 0 saturated carbocycles. The summed E-state index contributed by atoms with van der Waals surface area (Å²) in [6.07, 6.45) is 1.33. The van der Waals surface area contributed by atoms with Gasteiger partial charge in [-0.2, -0.15) is 5.10 Å². The summed E-state index contributed by atoms with van der Waals surface area (Å²) in [5.74, 6) is -1.37. The predicted molar refractivity (Wildman–Crippen MR) is 98.9 cm³/mol. The Morgan fingerprint density at radius 2 is 1.70 bits per heavy atom. The van der Waals surface area contributed by atoms with Crippen molar-refractivity contribution in [2.24, 2.45) is 10.8 Å². The van der Waals surface area contributed by atoms with Gasteiger partial charge in [-0.05, 0) is 42.5 Å². The molecule has 4 N–H and O–H groups in total. The first-order valence-corrected chi connectivity index (χ1v) is 7.71. The first-order valence-electron chi connectivity index (χ1n) is 7.71. The second kappa shape index (κ2) is 8.99. The second-order valence-electron chi connectivity index (χ2n) is 5.20. The third-order valence-corrected chi connectivity index (χ3v) is 3.44. The van der Waals surface area contributed by atoms with Gasteiger partial charge in [0.15, 0.2) is 0 Å². The van der Waals surface area contributed by atoms with Crippen LogP contribution in [0, 0.1) is 0 Å². The van der Waals surface area contributed by atoms with Gasteiger partial charge in [0, 0.05) is 16.8 Å². The van der Waals surface area contributed by atoms with Crippen LogP contribution in [0.15, 0.2) is 47.6 Å². The Balaban J connectivity index is 1.97. The maximum atomic E-state index is 11.9. The molecule has 0 aliphatic carbocycles. The molecule has 0 saturated heterocycles. The number of benzene rings is 2. The summed E-state index contributed by atoms with van der Waals surface area (Å²) < 4.78 is 10.3. The minimum absolute atomic E-state index is 0.286. The van der Waals surface area contributed by atoms with Gasteiger partial charge in [-0.15, -0.1) is 0 Å². The number of ether oxygens (including phenoxy) is 2. The molecule has 0 unspecified atom stereocenters. The van der Waals surface area contributed by atoms with Gasteiger partial charge in [0.25, 0.3) is 0 Å². The number of hydrogen-bond acceptors (Lipinski definition) is 6. The van der Waals surface area contributed by atoms with Gasteiger partial charge in [0.2, 0.25) is 5.91 Å². The van der Waals surface area contributed by atoms with Crippen molar-refractivity contribution in [2.75, 3.05) is 19.5 Å². The van der Waals surface area contributed by atoms with Crippen molar-refractivity contribution in [2.45, 2.75) is 0 Å². The van der Waals surface area contributed by atoms with Gasteiger partial charge < -0.3 is 20.5 Å². The smallest absolute Gasteiger partial charge is 0.329 e. The molecule has 0 spiro atoms. The maximum Gasteiger partial charge on any atom is 0.329 e. The molecule has 2 rings (SSSR count). The summed E-state index contributed by atoms with van der Waals surface area (Å²) in [6.45, 7) is 0. The van der Waals surface area contributed by atoms with E-state index in [4.69, 9.17) is 15.2 Å². The fourth-order valence-corrected chi connectivity index (χ4v) is 2.06. The van der Waals surface area contributed by atoms with Gasteiger partial charge >= 0.3 is 11.8 Å². The molecule has 0 bridgehead atoms. The van der Waals surface area contributed by atoms with Crippen LogP contribution in [-0.2, 0) is 9.59 Å². The highest BCUT2D eigenvalue weighted by Crippen LogP contribution is 2.22. The highest BCUT2D eigenvalue weighted by Gasteiger charge is 2.13. The lowest BCUT2D eigenvalue weighted by molar-refractivity contribution is -0.136. The number of methoxy groups -OCH3 is 2. The minimum atomic E-state index is -0.966. The Bertz CT molecular complexity index is 878. The van der Waals surface area contributed by atoms with Crippen molar-refractivity contribution in [3.05, 3.63) is 53.6 Å². The van der Waals surface area contributed by atoms with E-state index in [1.165, 1.54) is 44.7 Å². The number of rotatable bonds is 6. The Morgan fingerprint density at radius 3 is 2.30 bits per heavy atom. The van der Waals surface area contributed by atoms with Crippen LogP contribution in [0.5, 0.6) is 11.5 Å². The topological polar surface area (TPSA) is 132 Å². The molecule has 0 radical (unpaired) electrons. The summed E-state index contributed by atoms with van der Waals surface area (Å²) in [5, 5.41) is 6.12. The highest BCUT2D eigenvalue weighted by atomic mass is 16.5. The SMILES string of the molecule is COc1ccc(OC)c(/C=N/NC(=O)C(=O)Nc2ccc(C(N)=O)cc2)c1. The molecular weight excluding hydrogens is 352 g/mol. The molecule has 0 atom stereocenters. The average Bonchev–Trinajstić information content (AvgIpc) is 2.68. The van der Waals surface area contributed by atoms with Gasteiger partial charge in [0.05, 0.1) is 20.4 Å². The normalized spacial score (nSPS) is 10.3. The molecule has 0 aromatic heterocycles. The first kappa shape index (κ1) is 19.4. The van der Waals surface area contributed by atoms with E-state index in [1.54, 1.807) is 18.2 Å². The second-order valence-corrected chi connectivity index (χ2v) is 5.20. The molecule has 2 aromatic rings. The number of carbonyl (C=O) groups is 3. The van der Waals surface area contributed by atoms with Crippen LogP contribution in [0.3, 0.4) is 0 Å². The van der Waals surface area contributed by atoms with Crippen LogP contribution in [0.4, 0.5) is 5.69 Å². The molecule has 9 nitrogen and oxygen atoms in total. The number of anilines is 1. The standard InChI is InChI=1S/C18H18N4O5/c1-26-14-7-8-15(27-2)12(9-14)10-20-22-18(25)17(24)21-13-5-3-11(4-6-13)16(19)23/h3-10H,1-2H3,(H2,19,23)(H,21,24)(H,22,25)/b20-10+. The molecular formula is C18H18N4O5. The number of hydrazone groups is 1. The van der Waals surface area contributed by atoms with Crippen LogP contribution < -0.4 is 25.9 Å². The Hall–Kier alpha value is -3.88. The number of primary amides is 1. The first-order chi connectivity index (χ1) is 12.9. The number of hydrogen-bond donors (Lipinski definition) is 3. The molecule has 9 heteroatoms. The van der Waals surface area contributed by atoms with Gasteiger partial charge in [-0.25, -0.2) is 5.43 Å². The van der Waals surface area contributed by atoms with Crippen molar-refractivity contribution >= 4 is 29.6 Å². The van der Waals surface area contributed by atoms with Crippen LogP contribution >= 0.6 is 0 Å². The third kappa shape index (κ3) is 5.30. The summed E-state index contributed by atoms with van der Waals surface area (Å²) in [6, 6.07) is 10.8. The Labute approximate surface area is 155 Å². The zero-order chi connectivity index (χ0) is 19.8. The number of nitrogens with two attached hydrogens (primary N) is 1. The fourth-order valence-electron chi connectivity index (χ4n) is 2.06. The van der Waals surface area contributed by atoms with Gasteiger partial charge in [-0.1, -0.05) is 0 Å². The zero-order valence-corrected chi connectivity index (χ0v) is 14.7. The van der Waals surface area contributed by atoms with E-state index in [9.17, 15) is 14.4 Å². The summed E-state index contributed by atoms with van der Waals surface area (Å²) in [5.41, 5.74) is 8.42. The van der Waals surface area contributed by atoms with Crippen molar-refractivity contribution in [1.29, 1.82) is 0 Å². The predicted octanol–water partition coefficient (Wildman–Crippen LogP) is 0.891. The molecule has 0 aliphatic heterocycles. The average molecular weight is 370 g/mol. The fraction of sp³-hybridized carbons (Fsp3) is 0.111. The summed E-state index contributed by atoms with van der Waals surface area (Å²) in [7, 11) is 3.01. The van der Waals surface area contributed by atoms with Crippen LogP contribution in [0.1, 0.15) is 15.9 Å². The van der Waals surface area contributed by atoms with Crippen LogP contribution in [0.2, 0.25) is 0 Å². The highest BCUT2D eigenvalue weighted by molar-refractivity contribution is 6.39. The molecule has 0 fully saturated rings. The van der Waals surface area contributed by atoms with E-state index in [0.717, 1.165) is 0 Å². The van der Waals surface area contributed by atoms with Gasteiger partial charge in [-0.3, -0.25) is 14.4 Å². The van der Waals surface area contributed by atoms with Gasteiger partial charge in [0.1, 0.15) is 11.5 Å². The Kier molecular flexibility index (Phi) is 6.48. The molecule has 27 heavy (non-hydrogen) atoms. The molecule has 0 aliphatic rings. The van der Waals surface area contributed by atoms with E-state index in [1.807, 2.05) is 0 Å². The lowest BCUT2D eigenvalue weighted by Crippen LogP contribution is -2.32. The lowest BCUT2D eigenvalue weighted by Gasteiger charge is -2.07. The number of carbonyl (C=O) groups excluding carboxylic acids is 3. The monoisotopic (exact) mass is 370 g/mol. The molecule has 3 amide bonds. The molecule has 2 aromatic carbocycles. The summed E-state index contributed by atoms with van der Waals surface area (Å²) in [4.78, 5) is 34.7. The maximum absolute atomic E-state index is 11.9. The molecule has 0 heterocycles. The quantitative estimate of drug-likeness (QED) is 0.395. The molecule has 140 valence electrons. The van der Waals surface area contributed by atoms with Crippen molar-refractivity contribution in [3.8, 4) is 11.5 Å². The van der Waals surface area contributed by atoms with E-state index in [-0.39, 0.29) is 5.56 Å². The van der Waals surface area contributed by atoms with E-state index in [2.05, 4.69) is 15.8 Å². The summed E-state index contributed by atoms with van der Waals surface area (Å²) >= 11 is 0. The number of nitrogens with one attached hydrogen (secondary N) is 2. The van der Waals surface area contributed by atoms with E-state index < -0.39 is 17.7 Å². The zero-order valence-electron chi connectivity index (χ0n) is 14.7. The van der Waals surface area contributed by atoms with Crippen LogP contribution in [-0.4, -0.2) is 38.2 Å². The third-order valence-electron chi connectivity index (χ3n) is 3.44. The van der Waals surface area contributed by atoms with Crippen molar-refractivity contribution < 1.29 is 23.9 Å². The lowest BCUT2D eigenvalue weighted by atomic mass is 10.2. The van der Waals surface area contributed by atoms with E-state index in [0.29, 0.717) is 22.7 Å². The number of amides is 3. The van der Waals surface area contributed by atoms with E-state index >= 15 is 0 Å². The van der Waals surface area contributed by atoms with Crippen LogP contribution in [0.25, 0.3) is 0 Å².